The van der Waals surface area contributed by atoms with Crippen LogP contribution in [-0.4, -0.2) is 70.8 Å². The predicted octanol–water partition coefficient (Wildman–Crippen LogP) is 3.15. The summed E-state index contributed by atoms with van der Waals surface area (Å²) in [5.41, 5.74) is 0.399. The Bertz CT molecular complexity index is 798. The van der Waals surface area contributed by atoms with Gasteiger partial charge in [-0.05, 0) is 42.5 Å². The number of aliphatic hydroxyl groups is 1. The van der Waals surface area contributed by atoms with Crippen LogP contribution >= 0.6 is 15.9 Å². The van der Waals surface area contributed by atoms with Gasteiger partial charge in [-0.1, -0.05) is 36.7 Å². The first kappa shape index (κ1) is 26.5. The lowest BCUT2D eigenvalue weighted by atomic mass is 9.94. The van der Waals surface area contributed by atoms with E-state index in [2.05, 4.69) is 21.2 Å². The molecule has 0 bridgehead atoms. The molecule has 1 aliphatic rings. The smallest absolute Gasteiger partial charge is 0.408 e. The van der Waals surface area contributed by atoms with Crippen LogP contribution < -0.4 is 5.32 Å². The van der Waals surface area contributed by atoms with E-state index >= 15 is 0 Å². The maximum absolute atomic E-state index is 13.8. The number of amides is 2. The molecule has 1 aromatic carbocycles. The van der Waals surface area contributed by atoms with Crippen molar-refractivity contribution in [2.45, 2.75) is 71.6 Å². The maximum atomic E-state index is 13.8. The average molecular weight is 519 g/mol. The van der Waals surface area contributed by atoms with Crippen LogP contribution in [0.5, 0.6) is 0 Å². The number of carbonyl (C=O) groups excluding carboxylic acids is 1. The third kappa shape index (κ3) is 7.40. The van der Waals surface area contributed by atoms with Gasteiger partial charge in [0.05, 0.1) is 37.4 Å². The number of ether oxygens (including phenoxy) is 2. The molecule has 3 N–H and O–H groups in total. The van der Waals surface area contributed by atoms with E-state index in [0.29, 0.717) is 16.6 Å². The summed E-state index contributed by atoms with van der Waals surface area (Å²) in [5.74, 6) is -0.867. The highest BCUT2D eigenvalue weighted by atomic mass is 79.9. The Morgan fingerprint density at radius 3 is 2.56 bits per heavy atom. The molecule has 1 aromatic rings. The monoisotopic (exact) mass is 518 g/mol. The fourth-order valence-electron chi connectivity index (χ4n) is 3.71. The Kier molecular flexibility index (Phi) is 9.04. The van der Waals surface area contributed by atoms with Crippen molar-refractivity contribution in [1.82, 2.24) is 10.2 Å². The number of carbonyl (C=O) groups is 2. The van der Waals surface area contributed by atoms with Crippen molar-refractivity contribution in [1.29, 1.82) is 0 Å². The first-order valence-corrected chi connectivity index (χ1v) is 11.2. The summed E-state index contributed by atoms with van der Waals surface area (Å²) >= 11 is 3.23. The zero-order valence-electron chi connectivity index (χ0n) is 19.0. The van der Waals surface area contributed by atoms with Gasteiger partial charge in [0.2, 0.25) is 5.91 Å². The van der Waals surface area contributed by atoms with Crippen LogP contribution in [0.3, 0.4) is 0 Å². The number of aliphatic hydroxyl groups excluding tert-OH is 1. The highest BCUT2D eigenvalue weighted by Gasteiger charge is 2.44. The fourth-order valence-corrected chi connectivity index (χ4v) is 4.23. The van der Waals surface area contributed by atoms with Crippen LogP contribution in [0.15, 0.2) is 22.7 Å². The SMILES string of the molecule is CC(=O)N[C@@H](Cc1cc(F)cc(Br)c1)[C@H](O)[C@H]1CO[C@@H](OCC(C)(C)C)[C@H](C)N1C(=O)O. The van der Waals surface area contributed by atoms with Crippen molar-refractivity contribution < 1.29 is 33.7 Å². The van der Waals surface area contributed by atoms with Gasteiger partial charge >= 0.3 is 6.09 Å². The van der Waals surface area contributed by atoms with Gasteiger partial charge in [0, 0.05) is 11.4 Å². The largest absolute Gasteiger partial charge is 0.465 e. The van der Waals surface area contributed by atoms with Crippen LogP contribution in [0.25, 0.3) is 0 Å². The Morgan fingerprint density at radius 1 is 1.38 bits per heavy atom. The van der Waals surface area contributed by atoms with Crippen molar-refractivity contribution >= 4 is 27.9 Å². The Balaban J connectivity index is 2.24. The Morgan fingerprint density at radius 2 is 2.03 bits per heavy atom. The van der Waals surface area contributed by atoms with Crippen molar-refractivity contribution in [2.75, 3.05) is 13.2 Å². The molecule has 2 amide bonds. The number of hydrogen-bond donors (Lipinski definition) is 3. The summed E-state index contributed by atoms with van der Waals surface area (Å²) in [4.78, 5) is 25.0. The van der Waals surface area contributed by atoms with E-state index in [1.807, 2.05) is 20.8 Å². The molecule has 8 nitrogen and oxygen atoms in total. The van der Waals surface area contributed by atoms with Gasteiger partial charge < -0.3 is 25.0 Å². The van der Waals surface area contributed by atoms with Crippen molar-refractivity contribution in [3.8, 4) is 0 Å². The zero-order valence-corrected chi connectivity index (χ0v) is 20.6. The highest BCUT2D eigenvalue weighted by Crippen LogP contribution is 2.26. The molecule has 0 saturated carbocycles. The first-order chi connectivity index (χ1) is 14.8. The number of benzene rings is 1. The summed E-state index contributed by atoms with van der Waals surface area (Å²) < 4.78 is 25.9. The topological polar surface area (TPSA) is 108 Å². The van der Waals surface area contributed by atoms with Crippen LogP contribution in [0.2, 0.25) is 0 Å². The summed E-state index contributed by atoms with van der Waals surface area (Å²) in [6.45, 7) is 9.17. The molecular weight excluding hydrogens is 487 g/mol. The minimum absolute atomic E-state index is 0.0966. The third-order valence-corrected chi connectivity index (χ3v) is 5.55. The van der Waals surface area contributed by atoms with Crippen molar-refractivity contribution in [3.63, 3.8) is 0 Å². The zero-order chi connectivity index (χ0) is 24.2. The molecule has 0 spiro atoms. The molecular formula is C22H32BrFN2O6. The number of halogens is 2. The summed E-state index contributed by atoms with van der Waals surface area (Å²) in [6.07, 6.45) is -3.22. The second-order valence-corrected chi connectivity index (χ2v) is 10.3. The fraction of sp³-hybridized carbons (Fsp3) is 0.636. The van der Waals surface area contributed by atoms with Gasteiger partial charge in [0.1, 0.15) is 5.82 Å². The Hall–Kier alpha value is -1.75. The molecule has 1 saturated heterocycles. The maximum Gasteiger partial charge on any atom is 0.408 e. The lowest BCUT2D eigenvalue weighted by Gasteiger charge is -2.46. The van der Waals surface area contributed by atoms with E-state index in [1.165, 1.54) is 19.1 Å². The van der Waals surface area contributed by atoms with Gasteiger partial charge in [-0.2, -0.15) is 0 Å². The second kappa shape index (κ2) is 10.9. The minimum Gasteiger partial charge on any atom is -0.465 e. The number of rotatable bonds is 7. The van der Waals surface area contributed by atoms with E-state index in [9.17, 15) is 24.2 Å². The summed E-state index contributed by atoms with van der Waals surface area (Å²) in [7, 11) is 0. The molecule has 0 aliphatic carbocycles. The van der Waals surface area contributed by atoms with E-state index in [-0.39, 0.29) is 18.4 Å². The molecule has 10 heteroatoms. The summed E-state index contributed by atoms with van der Waals surface area (Å²) in [6, 6.07) is 1.77. The molecule has 32 heavy (non-hydrogen) atoms. The number of nitrogens with zero attached hydrogens (tertiary/aromatic N) is 1. The third-order valence-electron chi connectivity index (χ3n) is 5.10. The number of nitrogens with one attached hydrogen (secondary N) is 1. The standard InChI is InChI=1S/C22H32BrFN2O6/c1-12-20(32-11-22(3,4)5)31-10-18(26(12)21(29)30)19(28)17(25-13(2)27)8-14-6-15(23)9-16(24)7-14/h6-7,9,12,17-20,28H,8,10-11H2,1-5H3,(H,25,27)(H,29,30)/t12-,17-,18+,19-,20-/m0/s1. The molecule has 0 unspecified atom stereocenters. The van der Waals surface area contributed by atoms with Crippen LogP contribution in [0.1, 0.15) is 40.2 Å². The normalized spacial score (nSPS) is 23.5. The summed E-state index contributed by atoms with van der Waals surface area (Å²) in [5, 5.41) is 23.6. The van der Waals surface area contributed by atoms with Crippen LogP contribution in [0, 0.1) is 11.2 Å². The van der Waals surface area contributed by atoms with Gasteiger partial charge in [-0.3, -0.25) is 9.69 Å². The van der Waals surface area contributed by atoms with Crippen LogP contribution in [0.4, 0.5) is 9.18 Å². The molecule has 1 aliphatic heterocycles. The molecule has 5 atom stereocenters. The average Bonchev–Trinajstić information content (AvgIpc) is 2.63. The molecule has 0 aromatic heterocycles. The quantitative estimate of drug-likeness (QED) is 0.511. The van der Waals surface area contributed by atoms with Gasteiger partial charge in [-0.15, -0.1) is 0 Å². The molecule has 1 fully saturated rings. The van der Waals surface area contributed by atoms with E-state index < -0.39 is 48.3 Å². The lowest BCUT2D eigenvalue weighted by Crippen LogP contribution is -2.65. The first-order valence-electron chi connectivity index (χ1n) is 10.4. The predicted molar refractivity (Wildman–Crippen MR) is 120 cm³/mol. The van der Waals surface area contributed by atoms with E-state index in [1.54, 1.807) is 13.0 Å². The second-order valence-electron chi connectivity index (χ2n) is 9.35. The van der Waals surface area contributed by atoms with Gasteiger partial charge in [0.15, 0.2) is 6.29 Å². The Labute approximate surface area is 196 Å². The number of morpholine rings is 1. The van der Waals surface area contributed by atoms with Crippen LogP contribution in [-0.2, 0) is 20.7 Å². The molecule has 2 rings (SSSR count). The van der Waals surface area contributed by atoms with Crippen molar-refractivity contribution in [3.05, 3.63) is 34.1 Å². The highest BCUT2D eigenvalue weighted by molar-refractivity contribution is 9.10. The molecule has 180 valence electrons. The molecule has 1 heterocycles. The van der Waals surface area contributed by atoms with Crippen molar-refractivity contribution in [2.24, 2.45) is 5.41 Å². The van der Waals surface area contributed by atoms with Gasteiger partial charge in [0.25, 0.3) is 0 Å². The van der Waals surface area contributed by atoms with E-state index in [4.69, 9.17) is 9.47 Å². The molecule has 0 radical (unpaired) electrons. The van der Waals surface area contributed by atoms with E-state index in [0.717, 1.165) is 4.90 Å². The minimum atomic E-state index is -1.30. The number of hydrogen-bond acceptors (Lipinski definition) is 5. The number of carboxylic acid groups (broad SMARTS) is 1. The lowest BCUT2D eigenvalue weighted by molar-refractivity contribution is -0.231. The van der Waals surface area contributed by atoms with Gasteiger partial charge in [-0.25, -0.2) is 9.18 Å².